The highest BCUT2D eigenvalue weighted by Crippen LogP contribution is 2.30. The number of hydrogen-bond donors (Lipinski definition) is 1. The molecular weight excluding hydrogens is 382 g/mol. The van der Waals surface area contributed by atoms with Gasteiger partial charge in [0.05, 0.1) is 25.6 Å². The summed E-state index contributed by atoms with van der Waals surface area (Å²) >= 11 is 0. The fourth-order valence-corrected chi connectivity index (χ4v) is 3.11. The predicted molar refractivity (Wildman–Crippen MR) is 116 cm³/mol. The van der Waals surface area contributed by atoms with E-state index in [9.17, 15) is 9.59 Å². The van der Waals surface area contributed by atoms with Gasteiger partial charge in [-0.1, -0.05) is 36.8 Å². The summed E-state index contributed by atoms with van der Waals surface area (Å²) in [5.41, 5.74) is 2.79. The van der Waals surface area contributed by atoms with Gasteiger partial charge in [-0.3, -0.25) is 9.59 Å². The number of anilines is 1. The molecule has 0 aliphatic carbocycles. The molecule has 7 heteroatoms. The topological polar surface area (TPSA) is 82.4 Å². The Morgan fingerprint density at radius 1 is 1.07 bits per heavy atom. The first kappa shape index (κ1) is 21.1. The summed E-state index contributed by atoms with van der Waals surface area (Å²) in [4.78, 5) is 25.5. The molecule has 0 spiro atoms. The molecule has 0 saturated carbocycles. The van der Waals surface area contributed by atoms with E-state index in [0.717, 1.165) is 11.1 Å². The van der Waals surface area contributed by atoms with Crippen molar-refractivity contribution >= 4 is 11.6 Å². The third-order valence-corrected chi connectivity index (χ3v) is 4.82. The van der Waals surface area contributed by atoms with Crippen molar-refractivity contribution in [2.45, 2.75) is 26.3 Å². The van der Waals surface area contributed by atoms with Crippen molar-refractivity contribution < 1.29 is 14.3 Å². The monoisotopic (exact) mass is 407 g/mol. The van der Waals surface area contributed by atoms with Crippen molar-refractivity contribution in [2.75, 3.05) is 19.5 Å². The average molecular weight is 407 g/mol. The van der Waals surface area contributed by atoms with Crippen molar-refractivity contribution in [1.29, 1.82) is 0 Å². The van der Waals surface area contributed by atoms with Crippen LogP contribution in [0.3, 0.4) is 0 Å². The van der Waals surface area contributed by atoms with Gasteiger partial charge in [-0.25, -0.2) is 4.68 Å². The van der Waals surface area contributed by atoms with Crippen molar-refractivity contribution in [3.05, 3.63) is 70.5 Å². The number of hydrogen-bond acceptors (Lipinski definition) is 5. The Labute approximate surface area is 175 Å². The van der Waals surface area contributed by atoms with Gasteiger partial charge in [0, 0.05) is 17.7 Å². The summed E-state index contributed by atoms with van der Waals surface area (Å²) in [6, 6.07) is 15.3. The Bertz CT molecular complexity index is 1090. The van der Waals surface area contributed by atoms with E-state index in [1.165, 1.54) is 17.9 Å². The van der Waals surface area contributed by atoms with E-state index in [1.54, 1.807) is 31.4 Å². The van der Waals surface area contributed by atoms with Gasteiger partial charge in [0.25, 0.3) is 5.56 Å². The van der Waals surface area contributed by atoms with Crippen LogP contribution in [-0.4, -0.2) is 29.9 Å². The van der Waals surface area contributed by atoms with Gasteiger partial charge in [-0.15, -0.1) is 0 Å². The van der Waals surface area contributed by atoms with Gasteiger partial charge in [0.1, 0.15) is 17.5 Å². The zero-order valence-electron chi connectivity index (χ0n) is 17.5. The Morgan fingerprint density at radius 2 is 1.80 bits per heavy atom. The molecule has 3 rings (SSSR count). The second kappa shape index (κ2) is 9.26. The molecule has 1 atom stereocenters. The van der Waals surface area contributed by atoms with E-state index in [0.29, 0.717) is 29.3 Å². The minimum atomic E-state index is -0.769. The number of nitrogens with one attached hydrogen (secondary N) is 1. The van der Waals surface area contributed by atoms with Crippen molar-refractivity contribution in [3.8, 4) is 22.8 Å². The first-order chi connectivity index (χ1) is 14.5. The lowest BCUT2D eigenvalue weighted by molar-refractivity contribution is -0.119. The number of aryl methyl sites for hydroxylation is 1. The number of methoxy groups -OCH3 is 2. The number of ether oxygens (including phenoxy) is 2. The zero-order chi connectivity index (χ0) is 21.7. The van der Waals surface area contributed by atoms with E-state index < -0.39 is 6.04 Å². The molecule has 3 aromatic rings. The minimum absolute atomic E-state index is 0.338. The van der Waals surface area contributed by atoms with Crippen LogP contribution in [0.4, 0.5) is 5.69 Å². The van der Waals surface area contributed by atoms with E-state index in [2.05, 4.69) is 10.4 Å². The van der Waals surface area contributed by atoms with E-state index >= 15 is 0 Å². The smallest absolute Gasteiger partial charge is 0.267 e. The van der Waals surface area contributed by atoms with Crippen LogP contribution in [0.25, 0.3) is 11.3 Å². The molecule has 30 heavy (non-hydrogen) atoms. The van der Waals surface area contributed by atoms with Gasteiger partial charge in [-0.05, 0) is 31.5 Å². The van der Waals surface area contributed by atoms with E-state index in [1.807, 2.05) is 38.1 Å². The summed E-state index contributed by atoms with van der Waals surface area (Å²) < 4.78 is 11.8. The standard InChI is InChI=1S/C23H25N3O4/c1-5-20(23(28)24-19-11-10-17(29-3)14-21(19)30-4)26-22(27)13-12-18(25-26)16-8-6-15(2)7-9-16/h6-14,20H,5H2,1-4H3,(H,24,28)/t20-/m0/s1. The summed E-state index contributed by atoms with van der Waals surface area (Å²) in [5, 5.41) is 7.31. The van der Waals surface area contributed by atoms with Gasteiger partial charge in [-0.2, -0.15) is 5.10 Å². The highest BCUT2D eigenvalue weighted by molar-refractivity contribution is 5.95. The maximum Gasteiger partial charge on any atom is 0.267 e. The van der Waals surface area contributed by atoms with Gasteiger partial charge >= 0.3 is 0 Å². The Kier molecular flexibility index (Phi) is 6.51. The van der Waals surface area contributed by atoms with Crippen molar-refractivity contribution in [1.82, 2.24) is 9.78 Å². The third kappa shape index (κ3) is 4.51. The molecule has 0 aliphatic heterocycles. The molecule has 1 heterocycles. The number of amides is 1. The molecule has 2 aromatic carbocycles. The van der Waals surface area contributed by atoms with Crippen LogP contribution >= 0.6 is 0 Å². The molecule has 0 saturated heterocycles. The van der Waals surface area contributed by atoms with E-state index in [4.69, 9.17) is 9.47 Å². The molecule has 7 nitrogen and oxygen atoms in total. The number of rotatable bonds is 7. The lowest BCUT2D eigenvalue weighted by atomic mass is 10.1. The van der Waals surface area contributed by atoms with Crippen LogP contribution in [0.2, 0.25) is 0 Å². The van der Waals surface area contributed by atoms with Crippen LogP contribution in [0.5, 0.6) is 11.5 Å². The molecular formula is C23H25N3O4. The average Bonchev–Trinajstić information content (AvgIpc) is 2.76. The molecule has 1 N–H and O–H groups in total. The second-order valence-electron chi connectivity index (χ2n) is 6.85. The van der Waals surface area contributed by atoms with Crippen LogP contribution in [-0.2, 0) is 4.79 Å². The molecule has 0 fully saturated rings. The van der Waals surface area contributed by atoms with Crippen LogP contribution in [0.15, 0.2) is 59.4 Å². The lowest BCUT2D eigenvalue weighted by Crippen LogP contribution is -2.34. The Morgan fingerprint density at radius 3 is 2.43 bits per heavy atom. The molecule has 1 amide bonds. The summed E-state index contributed by atoms with van der Waals surface area (Å²) in [6.45, 7) is 3.84. The van der Waals surface area contributed by atoms with Gasteiger partial charge in [0.15, 0.2) is 0 Å². The predicted octanol–water partition coefficient (Wildman–Crippen LogP) is 3.83. The second-order valence-corrected chi connectivity index (χ2v) is 6.85. The number of benzene rings is 2. The number of nitrogens with zero attached hydrogens (tertiary/aromatic N) is 2. The fourth-order valence-electron chi connectivity index (χ4n) is 3.11. The van der Waals surface area contributed by atoms with Crippen LogP contribution in [0, 0.1) is 6.92 Å². The highest BCUT2D eigenvalue weighted by Gasteiger charge is 2.22. The SMILES string of the molecule is CC[C@@H](C(=O)Nc1ccc(OC)cc1OC)n1nc(-c2ccc(C)cc2)ccc1=O. The molecule has 1 aromatic heterocycles. The molecule has 0 aliphatic rings. The number of aromatic nitrogens is 2. The zero-order valence-corrected chi connectivity index (χ0v) is 17.5. The minimum Gasteiger partial charge on any atom is -0.497 e. The maximum atomic E-state index is 13.0. The first-order valence-electron chi connectivity index (χ1n) is 9.66. The van der Waals surface area contributed by atoms with Gasteiger partial charge < -0.3 is 14.8 Å². The molecule has 0 bridgehead atoms. The number of carbonyl (C=O) groups is 1. The third-order valence-electron chi connectivity index (χ3n) is 4.82. The van der Waals surface area contributed by atoms with Crippen LogP contribution in [0.1, 0.15) is 24.9 Å². The van der Waals surface area contributed by atoms with Crippen molar-refractivity contribution in [3.63, 3.8) is 0 Å². The normalized spacial score (nSPS) is 11.6. The van der Waals surface area contributed by atoms with Gasteiger partial charge in [0.2, 0.25) is 5.91 Å². The number of carbonyl (C=O) groups excluding carboxylic acids is 1. The largest absolute Gasteiger partial charge is 0.497 e. The summed E-state index contributed by atoms with van der Waals surface area (Å²) in [5.74, 6) is 0.725. The lowest BCUT2D eigenvalue weighted by Gasteiger charge is -2.19. The Hall–Kier alpha value is -3.61. The molecule has 156 valence electrons. The fraction of sp³-hybridized carbons (Fsp3) is 0.261. The summed E-state index contributed by atoms with van der Waals surface area (Å²) in [6.07, 6.45) is 0.397. The van der Waals surface area contributed by atoms with Crippen LogP contribution < -0.4 is 20.3 Å². The molecule has 0 unspecified atom stereocenters. The maximum absolute atomic E-state index is 13.0. The quantitative estimate of drug-likeness (QED) is 0.644. The highest BCUT2D eigenvalue weighted by atomic mass is 16.5. The Balaban J connectivity index is 1.92. The van der Waals surface area contributed by atoms with E-state index in [-0.39, 0.29) is 11.5 Å². The summed E-state index contributed by atoms with van der Waals surface area (Å²) in [7, 11) is 3.07. The van der Waals surface area contributed by atoms with Crippen molar-refractivity contribution in [2.24, 2.45) is 0 Å². The molecule has 0 radical (unpaired) electrons. The first-order valence-corrected chi connectivity index (χ1v) is 9.66.